The van der Waals surface area contributed by atoms with Crippen LogP contribution in [0.1, 0.15) is 90.2 Å². The number of benzene rings is 1. The molecule has 0 N–H and O–H groups in total. The summed E-state index contributed by atoms with van der Waals surface area (Å²) in [4.78, 5) is 0. The first-order chi connectivity index (χ1) is 14.3. The molecule has 3 heteroatoms. The van der Waals surface area contributed by atoms with E-state index < -0.39 is 0 Å². The average molecular weight is 415 g/mol. The van der Waals surface area contributed by atoms with E-state index in [2.05, 4.69) is 52.8 Å². The van der Waals surface area contributed by atoms with E-state index in [9.17, 15) is 0 Å². The lowest BCUT2D eigenvalue weighted by Gasteiger charge is -2.50. The SMILES string of the molecule is CCOc1ccc2c(c1)CC[C@@H]1[C@@H]2CC[C@]2(C)[C@@H](OCCCOC(C)(C)C)CC[C@@H]12. The van der Waals surface area contributed by atoms with Gasteiger partial charge in [-0.05, 0) is 119 Å². The van der Waals surface area contributed by atoms with Gasteiger partial charge in [0.2, 0.25) is 0 Å². The molecule has 0 unspecified atom stereocenters. The zero-order valence-electron chi connectivity index (χ0n) is 19.8. The van der Waals surface area contributed by atoms with Crippen LogP contribution < -0.4 is 4.74 Å². The highest BCUT2D eigenvalue weighted by Crippen LogP contribution is 2.61. The third-order valence-corrected chi connectivity index (χ3v) is 8.06. The highest BCUT2D eigenvalue weighted by Gasteiger charge is 2.55. The predicted molar refractivity (Wildman–Crippen MR) is 122 cm³/mol. The molecule has 2 fully saturated rings. The van der Waals surface area contributed by atoms with Gasteiger partial charge in [-0.25, -0.2) is 0 Å². The van der Waals surface area contributed by atoms with E-state index in [0.29, 0.717) is 11.5 Å². The molecule has 0 bridgehead atoms. The van der Waals surface area contributed by atoms with Gasteiger partial charge < -0.3 is 14.2 Å². The summed E-state index contributed by atoms with van der Waals surface area (Å²) < 4.78 is 18.1. The molecule has 0 spiro atoms. The minimum absolute atomic E-state index is 0.0521. The van der Waals surface area contributed by atoms with Crippen molar-refractivity contribution < 1.29 is 14.2 Å². The van der Waals surface area contributed by atoms with Crippen molar-refractivity contribution >= 4 is 0 Å². The molecule has 0 radical (unpaired) electrons. The fourth-order valence-electron chi connectivity index (χ4n) is 6.70. The Morgan fingerprint density at radius 3 is 2.67 bits per heavy atom. The number of hydrogen-bond acceptors (Lipinski definition) is 3. The third-order valence-electron chi connectivity index (χ3n) is 8.06. The normalized spacial score (nSPS) is 33.0. The van der Waals surface area contributed by atoms with Gasteiger partial charge in [0.15, 0.2) is 0 Å². The second-order valence-corrected chi connectivity index (χ2v) is 11.0. The van der Waals surface area contributed by atoms with Gasteiger partial charge in [0, 0.05) is 13.2 Å². The van der Waals surface area contributed by atoms with Gasteiger partial charge in [0.05, 0.1) is 18.3 Å². The summed E-state index contributed by atoms with van der Waals surface area (Å²) in [5.41, 5.74) is 3.45. The summed E-state index contributed by atoms with van der Waals surface area (Å²) in [5, 5.41) is 0. The van der Waals surface area contributed by atoms with Gasteiger partial charge in [-0.1, -0.05) is 13.0 Å². The summed E-state index contributed by atoms with van der Waals surface area (Å²) >= 11 is 0. The van der Waals surface area contributed by atoms with Gasteiger partial charge in [-0.3, -0.25) is 0 Å². The van der Waals surface area contributed by atoms with Crippen molar-refractivity contribution in [1.82, 2.24) is 0 Å². The fourth-order valence-corrected chi connectivity index (χ4v) is 6.70. The third kappa shape index (κ3) is 4.43. The number of fused-ring (bicyclic) bond motifs is 5. The van der Waals surface area contributed by atoms with Gasteiger partial charge >= 0.3 is 0 Å². The Labute approximate surface area is 183 Å². The molecule has 0 aliphatic heterocycles. The van der Waals surface area contributed by atoms with E-state index in [-0.39, 0.29) is 5.60 Å². The smallest absolute Gasteiger partial charge is 0.119 e. The molecule has 1 aromatic rings. The summed E-state index contributed by atoms with van der Waals surface area (Å²) in [5.74, 6) is 3.42. The highest BCUT2D eigenvalue weighted by atomic mass is 16.5. The van der Waals surface area contributed by atoms with Gasteiger partial charge in [0.25, 0.3) is 0 Å². The molecule has 3 aliphatic rings. The molecule has 1 aromatic carbocycles. The highest BCUT2D eigenvalue weighted by molar-refractivity contribution is 5.40. The predicted octanol–water partition coefficient (Wildman–Crippen LogP) is 6.53. The molecule has 3 nitrogen and oxygen atoms in total. The second kappa shape index (κ2) is 8.82. The van der Waals surface area contributed by atoms with Crippen LogP contribution in [0.5, 0.6) is 5.75 Å². The van der Waals surface area contributed by atoms with Crippen LogP contribution in [0.2, 0.25) is 0 Å². The van der Waals surface area contributed by atoms with E-state index in [1.165, 1.54) is 44.1 Å². The van der Waals surface area contributed by atoms with Gasteiger partial charge in [0.1, 0.15) is 5.75 Å². The van der Waals surface area contributed by atoms with E-state index >= 15 is 0 Å². The van der Waals surface area contributed by atoms with Crippen molar-refractivity contribution in [3.63, 3.8) is 0 Å². The lowest BCUT2D eigenvalue weighted by Crippen LogP contribution is -2.44. The maximum absolute atomic E-state index is 6.49. The number of aryl methyl sites for hydroxylation is 1. The summed E-state index contributed by atoms with van der Waals surface area (Å²) in [6.45, 7) is 13.3. The molecule has 2 saturated carbocycles. The standard InChI is InChI=1S/C27H42O3/c1-6-28-20-9-11-21-19(18-20)8-10-23-22(21)14-15-27(5)24(23)12-13-25(27)29-16-7-17-30-26(2,3)4/h9,11,18,22-25H,6-8,10,12-17H2,1-5H3/t22-,23-,24+,25+,27+/m1/s1. The number of rotatable bonds is 7. The average Bonchev–Trinajstić information content (AvgIpc) is 3.03. The zero-order valence-corrected chi connectivity index (χ0v) is 19.8. The van der Waals surface area contributed by atoms with Crippen LogP contribution in [0.25, 0.3) is 0 Å². The first kappa shape index (κ1) is 22.1. The lowest BCUT2D eigenvalue weighted by atomic mass is 9.55. The minimum Gasteiger partial charge on any atom is -0.494 e. The van der Waals surface area contributed by atoms with Crippen LogP contribution in [0, 0.1) is 17.3 Å². The van der Waals surface area contributed by atoms with E-state index in [0.717, 1.165) is 49.7 Å². The van der Waals surface area contributed by atoms with E-state index in [1.54, 1.807) is 5.56 Å². The maximum Gasteiger partial charge on any atom is 0.119 e. The Morgan fingerprint density at radius 2 is 1.90 bits per heavy atom. The van der Waals surface area contributed by atoms with Gasteiger partial charge in [-0.2, -0.15) is 0 Å². The molecule has 5 atom stereocenters. The summed E-state index contributed by atoms with van der Waals surface area (Å²) in [7, 11) is 0. The molecule has 0 saturated heterocycles. The molecule has 0 aromatic heterocycles. The molecular formula is C27H42O3. The second-order valence-electron chi connectivity index (χ2n) is 11.0. The van der Waals surface area contributed by atoms with Gasteiger partial charge in [-0.15, -0.1) is 0 Å². The van der Waals surface area contributed by atoms with Crippen molar-refractivity contribution in [2.24, 2.45) is 17.3 Å². The molecule has 3 aliphatic carbocycles. The largest absolute Gasteiger partial charge is 0.494 e. The summed E-state index contributed by atoms with van der Waals surface area (Å²) in [6, 6.07) is 6.87. The Bertz CT molecular complexity index is 721. The first-order valence-electron chi connectivity index (χ1n) is 12.3. The van der Waals surface area contributed by atoms with Crippen molar-refractivity contribution in [2.75, 3.05) is 19.8 Å². The minimum atomic E-state index is -0.0521. The van der Waals surface area contributed by atoms with Crippen LogP contribution in [-0.4, -0.2) is 31.5 Å². The molecular weight excluding hydrogens is 372 g/mol. The Morgan fingerprint density at radius 1 is 1.07 bits per heavy atom. The molecule has 168 valence electrons. The zero-order chi connectivity index (χ0) is 21.4. The molecule has 0 heterocycles. The maximum atomic E-state index is 6.49. The number of hydrogen-bond donors (Lipinski definition) is 0. The number of ether oxygens (including phenoxy) is 3. The van der Waals surface area contributed by atoms with Crippen LogP contribution in [0.4, 0.5) is 0 Å². The fraction of sp³-hybridized carbons (Fsp3) is 0.778. The topological polar surface area (TPSA) is 27.7 Å². The van der Waals surface area contributed by atoms with Crippen molar-refractivity contribution in [3.05, 3.63) is 29.3 Å². The molecule has 4 rings (SSSR count). The first-order valence-corrected chi connectivity index (χ1v) is 12.3. The van der Waals surface area contributed by atoms with Crippen molar-refractivity contribution in [2.45, 2.75) is 97.2 Å². The van der Waals surface area contributed by atoms with Crippen molar-refractivity contribution in [1.29, 1.82) is 0 Å². The Hall–Kier alpha value is -1.06. The van der Waals surface area contributed by atoms with E-state index in [4.69, 9.17) is 14.2 Å². The lowest BCUT2D eigenvalue weighted by molar-refractivity contribution is -0.0737. The molecule has 30 heavy (non-hydrogen) atoms. The van der Waals surface area contributed by atoms with Crippen LogP contribution >= 0.6 is 0 Å². The summed E-state index contributed by atoms with van der Waals surface area (Å²) in [6.07, 6.45) is 9.16. The monoisotopic (exact) mass is 414 g/mol. The van der Waals surface area contributed by atoms with Crippen molar-refractivity contribution in [3.8, 4) is 5.75 Å². The van der Waals surface area contributed by atoms with Crippen LogP contribution in [0.15, 0.2) is 18.2 Å². The quantitative estimate of drug-likeness (QED) is 0.475. The van der Waals surface area contributed by atoms with E-state index in [1.807, 2.05) is 0 Å². The van der Waals surface area contributed by atoms with Crippen LogP contribution in [0.3, 0.4) is 0 Å². The Balaban J connectivity index is 1.38. The van der Waals surface area contributed by atoms with Crippen LogP contribution in [-0.2, 0) is 15.9 Å². The Kier molecular flexibility index (Phi) is 6.51. The molecule has 0 amide bonds.